The molecule has 0 atom stereocenters. The van der Waals surface area contributed by atoms with Crippen LogP contribution in [0.4, 0.5) is 5.00 Å². The Morgan fingerprint density at radius 1 is 1.27 bits per heavy atom. The molecule has 0 bridgehead atoms. The zero-order valence-electron chi connectivity index (χ0n) is 12.5. The molecule has 0 unspecified atom stereocenters. The summed E-state index contributed by atoms with van der Waals surface area (Å²) in [5.41, 5.74) is 6.72. The Hall–Kier alpha value is -2.34. The van der Waals surface area contributed by atoms with Crippen LogP contribution in [-0.2, 0) is 11.2 Å². The molecular formula is C16H18N2O3S. The molecule has 2 amide bonds. The molecule has 2 aromatic rings. The fourth-order valence-corrected chi connectivity index (χ4v) is 3.35. The molecule has 0 saturated heterocycles. The second-order valence-corrected chi connectivity index (χ2v) is 5.93. The first-order valence-corrected chi connectivity index (χ1v) is 7.74. The molecule has 3 N–H and O–H groups in total. The summed E-state index contributed by atoms with van der Waals surface area (Å²) in [6.07, 6.45) is 0.691. The predicted molar refractivity (Wildman–Crippen MR) is 87.5 cm³/mol. The standard InChI is InChI=1S/C16H18N2O3S/c1-3-12-10(2)22-16(14(12)15(17)20)18-13(19)9-21-11-7-5-4-6-8-11/h4-8H,3,9H2,1-2H3,(H2,17,20)(H,18,19). The lowest BCUT2D eigenvalue weighted by atomic mass is 10.1. The first kappa shape index (κ1) is 16.0. The highest BCUT2D eigenvalue weighted by Gasteiger charge is 2.20. The van der Waals surface area contributed by atoms with Crippen molar-refractivity contribution >= 4 is 28.2 Å². The van der Waals surface area contributed by atoms with Crippen LogP contribution in [0, 0.1) is 6.92 Å². The van der Waals surface area contributed by atoms with E-state index in [9.17, 15) is 9.59 Å². The molecule has 0 radical (unpaired) electrons. The highest BCUT2D eigenvalue weighted by molar-refractivity contribution is 7.16. The van der Waals surface area contributed by atoms with Crippen molar-refractivity contribution < 1.29 is 14.3 Å². The monoisotopic (exact) mass is 318 g/mol. The van der Waals surface area contributed by atoms with Crippen molar-refractivity contribution in [1.82, 2.24) is 0 Å². The number of hydrogen-bond acceptors (Lipinski definition) is 4. The van der Waals surface area contributed by atoms with E-state index in [4.69, 9.17) is 10.5 Å². The van der Waals surface area contributed by atoms with Gasteiger partial charge in [0.2, 0.25) is 0 Å². The first-order chi connectivity index (χ1) is 10.5. The van der Waals surface area contributed by atoms with Crippen molar-refractivity contribution in [3.8, 4) is 5.75 Å². The van der Waals surface area contributed by atoms with Crippen LogP contribution in [0.1, 0.15) is 27.7 Å². The van der Waals surface area contributed by atoms with E-state index in [-0.39, 0.29) is 12.5 Å². The van der Waals surface area contributed by atoms with E-state index in [1.165, 1.54) is 11.3 Å². The van der Waals surface area contributed by atoms with Gasteiger partial charge in [0.25, 0.3) is 11.8 Å². The van der Waals surface area contributed by atoms with E-state index in [2.05, 4.69) is 5.32 Å². The van der Waals surface area contributed by atoms with Gasteiger partial charge in [0, 0.05) is 4.88 Å². The van der Waals surface area contributed by atoms with Crippen LogP contribution in [0.5, 0.6) is 5.75 Å². The first-order valence-electron chi connectivity index (χ1n) is 6.92. The molecule has 0 fully saturated rings. The number of anilines is 1. The highest BCUT2D eigenvalue weighted by Crippen LogP contribution is 2.33. The molecule has 0 aliphatic rings. The average Bonchev–Trinajstić information content (AvgIpc) is 2.81. The summed E-state index contributed by atoms with van der Waals surface area (Å²) in [5.74, 6) is -0.236. The minimum atomic E-state index is -0.527. The molecule has 0 aliphatic heterocycles. The fraction of sp³-hybridized carbons (Fsp3) is 0.250. The van der Waals surface area contributed by atoms with Gasteiger partial charge in [0.15, 0.2) is 6.61 Å². The Balaban J connectivity index is 2.07. The van der Waals surface area contributed by atoms with E-state index in [0.717, 1.165) is 10.4 Å². The number of nitrogens with one attached hydrogen (secondary N) is 1. The van der Waals surface area contributed by atoms with Gasteiger partial charge >= 0.3 is 0 Å². The van der Waals surface area contributed by atoms with Crippen LogP contribution < -0.4 is 15.8 Å². The van der Waals surface area contributed by atoms with Gasteiger partial charge in [-0.05, 0) is 31.0 Å². The summed E-state index contributed by atoms with van der Waals surface area (Å²) < 4.78 is 5.38. The van der Waals surface area contributed by atoms with Crippen molar-refractivity contribution in [1.29, 1.82) is 0 Å². The second-order valence-electron chi connectivity index (χ2n) is 4.71. The predicted octanol–water partition coefficient (Wildman–Crippen LogP) is 2.74. The third kappa shape index (κ3) is 3.65. The zero-order valence-corrected chi connectivity index (χ0v) is 13.3. The Kier molecular flexibility index (Phi) is 5.16. The van der Waals surface area contributed by atoms with Crippen LogP contribution in [-0.4, -0.2) is 18.4 Å². The van der Waals surface area contributed by atoms with Crippen LogP contribution in [0.2, 0.25) is 0 Å². The zero-order chi connectivity index (χ0) is 16.1. The number of hydrogen-bond donors (Lipinski definition) is 2. The Bertz CT molecular complexity index is 680. The molecule has 0 aliphatic carbocycles. The van der Waals surface area contributed by atoms with Gasteiger partial charge < -0.3 is 15.8 Å². The molecular weight excluding hydrogens is 300 g/mol. The van der Waals surface area contributed by atoms with E-state index in [1.807, 2.05) is 32.0 Å². The lowest BCUT2D eigenvalue weighted by Gasteiger charge is -2.07. The van der Waals surface area contributed by atoms with Gasteiger partial charge in [-0.15, -0.1) is 11.3 Å². The maximum Gasteiger partial charge on any atom is 0.262 e. The quantitative estimate of drug-likeness (QED) is 0.859. The summed E-state index contributed by atoms with van der Waals surface area (Å²) >= 11 is 1.36. The third-order valence-electron chi connectivity index (χ3n) is 3.18. The average molecular weight is 318 g/mol. The van der Waals surface area contributed by atoms with Crippen molar-refractivity contribution in [2.24, 2.45) is 5.73 Å². The topological polar surface area (TPSA) is 81.4 Å². The van der Waals surface area contributed by atoms with Crippen LogP contribution in [0.3, 0.4) is 0 Å². The van der Waals surface area contributed by atoms with Gasteiger partial charge in [0.1, 0.15) is 10.8 Å². The summed E-state index contributed by atoms with van der Waals surface area (Å²) in [4.78, 5) is 24.6. The molecule has 0 spiro atoms. The lowest BCUT2D eigenvalue weighted by molar-refractivity contribution is -0.118. The number of carbonyl (C=O) groups is 2. The van der Waals surface area contributed by atoms with E-state index in [1.54, 1.807) is 12.1 Å². The summed E-state index contributed by atoms with van der Waals surface area (Å²) in [6, 6.07) is 9.06. The second kappa shape index (κ2) is 7.09. The number of aryl methyl sites for hydroxylation is 1. The molecule has 1 aromatic heterocycles. The smallest absolute Gasteiger partial charge is 0.262 e. The van der Waals surface area contributed by atoms with Crippen LogP contribution in [0.15, 0.2) is 30.3 Å². The Morgan fingerprint density at radius 3 is 2.55 bits per heavy atom. The number of benzene rings is 1. The molecule has 1 aromatic carbocycles. The Morgan fingerprint density at radius 2 is 1.95 bits per heavy atom. The number of primary amides is 1. The molecule has 6 heteroatoms. The maximum atomic E-state index is 12.0. The lowest BCUT2D eigenvalue weighted by Crippen LogP contribution is -2.22. The van der Waals surface area contributed by atoms with Crippen molar-refractivity contribution in [2.75, 3.05) is 11.9 Å². The molecule has 2 rings (SSSR count). The summed E-state index contributed by atoms with van der Waals surface area (Å²) in [6.45, 7) is 3.73. The van der Waals surface area contributed by atoms with Gasteiger partial charge in [0.05, 0.1) is 5.56 Å². The third-order valence-corrected chi connectivity index (χ3v) is 4.24. The molecule has 0 saturated carbocycles. The van der Waals surface area contributed by atoms with Gasteiger partial charge in [-0.25, -0.2) is 0 Å². The Labute approximate surface area is 133 Å². The number of thiophene rings is 1. The normalized spacial score (nSPS) is 10.3. The summed E-state index contributed by atoms with van der Waals surface area (Å²) in [7, 11) is 0. The fourth-order valence-electron chi connectivity index (χ4n) is 2.18. The van der Waals surface area contributed by atoms with Gasteiger partial charge in [-0.2, -0.15) is 0 Å². The van der Waals surface area contributed by atoms with Crippen molar-refractivity contribution in [2.45, 2.75) is 20.3 Å². The molecule has 1 heterocycles. The van der Waals surface area contributed by atoms with Gasteiger partial charge in [-0.1, -0.05) is 25.1 Å². The number of para-hydroxylation sites is 1. The van der Waals surface area contributed by atoms with Crippen LogP contribution >= 0.6 is 11.3 Å². The number of amides is 2. The largest absolute Gasteiger partial charge is 0.484 e. The van der Waals surface area contributed by atoms with Crippen LogP contribution in [0.25, 0.3) is 0 Å². The number of rotatable bonds is 6. The number of nitrogens with two attached hydrogens (primary N) is 1. The van der Waals surface area contributed by atoms with E-state index >= 15 is 0 Å². The highest BCUT2D eigenvalue weighted by atomic mass is 32.1. The van der Waals surface area contributed by atoms with Crippen molar-refractivity contribution in [3.05, 3.63) is 46.3 Å². The van der Waals surface area contributed by atoms with Crippen molar-refractivity contribution in [3.63, 3.8) is 0 Å². The molecule has 22 heavy (non-hydrogen) atoms. The minimum Gasteiger partial charge on any atom is -0.484 e. The number of ether oxygens (including phenoxy) is 1. The number of carbonyl (C=O) groups excluding carboxylic acids is 2. The van der Waals surface area contributed by atoms with E-state index < -0.39 is 5.91 Å². The SMILES string of the molecule is CCc1c(C)sc(NC(=O)COc2ccccc2)c1C(N)=O. The molecule has 116 valence electrons. The minimum absolute atomic E-state index is 0.124. The molecule has 5 nitrogen and oxygen atoms in total. The van der Waals surface area contributed by atoms with Gasteiger partial charge in [-0.3, -0.25) is 9.59 Å². The van der Waals surface area contributed by atoms with E-state index in [0.29, 0.717) is 22.7 Å². The maximum absolute atomic E-state index is 12.0. The summed E-state index contributed by atoms with van der Waals surface area (Å²) in [5, 5.41) is 3.20.